The number of hydrogen-bond acceptors (Lipinski definition) is 3. The Morgan fingerprint density at radius 3 is 2.32 bits per heavy atom. The standard InChI is InChI=1S/C13H13Cl2NO2S/c1-12(2)6-13(7-12,8-16)19(17,18)11-5-9(14)3-4-10(11)15/h3-5H,6-7H2,1-2H3. The zero-order valence-corrected chi connectivity index (χ0v) is 12.9. The number of sulfone groups is 1. The molecule has 1 aliphatic carbocycles. The maximum absolute atomic E-state index is 12.7. The van der Waals surface area contributed by atoms with Crippen molar-refractivity contribution in [1.82, 2.24) is 0 Å². The fraction of sp³-hybridized carbons (Fsp3) is 0.462. The second kappa shape index (κ2) is 4.37. The first kappa shape index (κ1) is 14.6. The van der Waals surface area contributed by atoms with Crippen molar-refractivity contribution in [3.8, 4) is 6.07 Å². The van der Waals surface area contributed by atoms with Gasteiger partial charge in [0.1, 0.15) is 0 Å². The molecule has 1 aromatic rings. The Morgan fingerprint density at radius 2 is 1.84 bits per heavy atom. The third-order valence-electron chi connectivity index (χ3n) is 3.43. The quantitative estimate of drug-likeness (QED) is 0.832. The minimum Gasteiger partial charge on any atom is -0.222 e. The fourth-order valence-corrected chi connectivity index (χ4v) is 5.69. The van der Waals surface area contributed by atoms with Crippen molar-refractivity contribution in [2.24, 2.45) is 5.41 Å². The summed E-state index contributed by atoms with van der Waals surface area (Å²) >= 11 is 11.8. The average molecular weight is 318 g/mol. The van der Waals surface area contributed by atoms with E-state index < -0.39 is 14.6 Å². The number of rotatable bonds is 2. The molecule has 1 aromatic carbocycles. The molecule has 3 nitrogen and oxygen atoms in total. The molecular weight excluding hydrogens is 305 g/mol. The molecule has 0 radical (unpaired) electrons. The van der Waals surface area contributed by atoms with E-state index in [1.54, 1.807) is 0 Å². The van der Waals surface area contributed by atoms with Crippen molar-refractivity contribution in [2.75, 3.05) is 0 Å². The molecule has 0 aromatic heterocycles. The van der Waals surface area contributed by atoms with Gasteiger partial charge in [0.2, 0.25) is 0 Å². The van der Waals surface area contributed by atoms with E-state index in [1.165, 1.54) is 18.2 Å². The lowest BCUT2D eigenvalue weighted by atomic mass is 9.64. The highest BCUT2D eigenvalue weighted by Crippen LogP contribution is 2.54. The van der Waals surface area contributed by atoms with Crippen LogP contribution in [0.5, 0.6) is 0 Å². The van der Waals surface area contributed by atoms with Gasteiger partial charge in [-0.15, -0.1) is 0 Å². The van der Waals surface area contributed by atoms with Crippen LogP contribution in [0.4, 0.5) is 0 Å². The van der Waals surface area contributed by atoms with Crippen molar-refractivity contribution in [3.63, 3.8) is 0 Å². The second-order valence-electron chi connectivity index (χ2n) is 5.70. The molecule has 6 heteroatoms. The van der Waals surface area contributed by atoms with Gasteiger partial charge in [-0.3, -0.25) is 0 Å². The maximum Gasteiger partial charge on any atom is 0.198 e. The smallest absolute Gasteiger partial charge is 0.198 e. The van der Waals surface area contributed by atoms with Gasteiger partial charge in [0.15, 0.2) is 14.6 Å². The zero-order valence-electron chi connectivity index (χ0n) is 10.6. The van der Waals surface area contributed by atoms with Gasteiger partial charge in [-0.2, -0.15) is 5.26 Å². The first-order valence-corrected chi connectivity index (χ1v) is 7.98. The van der Waals surface area contributed by atoms with Gasteiger partial charge in [0.25, 0.3) is 0 Å². The molecule has 0 unspecified atom stereocenters. The van der Waals surface area contributed by atoms with E-state index in [-0.39, 0.29) is 20.4 Å². The van der Waals surface area contributed by atoms with Crippen LogP contribution >= 0.6 is 23.2 Å². The van der Waals surface area contributed by atoms with Crippen molar-refractivity contribution < 1.29 is 8.42 Å². The lowest BCUT2D eigenvalue weighted by Gasteiger charge is -2.47. The van der Waals surface area contributed by atoms with E-state index in [2.05, 4.69) is 0 Å². The van der Waals surface area contributed by atoms with Crippen LogP contribution in [0.3, 0.4) is 0 Å². The van der Waals surface area contributed by atoms with Crippen LogP contribution in [-0.2, 0) is 9.84 Å². The normalized spacial score (nSPS) is 20.4. The Hall–Kier alpha value is -0.760. The van der Waals surface area contributed by atoms with Crippen molar-refractivity contribution in [2.45, 2.75) is 36.3 Å². The van der Waals surface area contributed by atoms with Crippen molar-refractivity contribution in [1.29, 1.82) is 5.26 Å². The first-order chi connectivity index (χ1) is 8.63. The van der Waals surface area contributed by atoms with Crippen LogP contribution in [0.25, 0.3) is 0 Å². The van der Waals surface area contributed by atoms with Gasteiger partial charge in [-0.25, -0.2) is 8.42 Å². The molecule has 0 atom stereocenters. The van der Waals surface area contributed by atoms with Gasteiger partial charge in [-0.1, -0.05) is 37.0 Å². The van der Waals surface area contributed by atoms with Crippen LogP contribution < -0.4 is 0 Å². The number of benzene rings is 1. The van der Waals surface area contributed by atoms with Crippen LogP contribution in [0.2, 0.25) is 10.0 Å². The predicted molar refractivity (Wildman–Crippen MR) is 75.0 cm³/mol. The Balaban J connectivity index is 2.55. The summed E-state index contributed by atoms with van der Waals surface area (Å²) in [5, 5.41) is 9.71. The van der Waals surface area contributed by atoms with E-state index in [0.717, 1.165) is 0 Å². The topological polar surface area (TPSA) is 57.9 Å². The highest BCUT2D eigenvalue weighted by molar-refractivity contribution is 7.93. The first-order valence-electron chi connectivity index (χ1n) is 5.75. The van der Waals surface area contributed by atoms with Crippen LogP contribution in [0.1, 0.15) is 26.7 Å². The van der Waals surface area contributed by atoms with Gasteiger partial charge in [-0.05, 0) is 36.5 Å². The van der Waals surface area contributed by atoms with Crippen molar-refractivity contribution in [3.05, 3.63) is 28.2 Å². The SMILES string of the molecule is CC1(C)CC(C#N)(S(=O)(=O)c2cc(Cl)ccc2Cl)C1. The summed E-state index contributed by atoms with van der Waals surface area (Å²) in [4.78, 5) is -0.0567. The summed E-state index contributed by atoms with van der Waals surface area (Å²) in [7, 11) is -3.82. The Labute approximate surface area is 123 Å². The molecule has 0 amide bonds. The van der Waals surface area contributed by atoms with E-state index in [0.29, 0.717) is 12.8 Å². The highest BCUT2D eigenvalue weighted by atomic mass is 35.5. The Bertz CT molecular complexity index is 666. The summed E-state index contributed by atoms with van der Waals surface area (Å²) in [6, 6.07) is 6.23. The summed E-state index contributed by atoms with van der Waals surface area (Å²) in [5.74, 6) is 0. The molecule has 1 saturated carbocycles. The fourth-order valence-electron chi connectivity index (χ4n) is 2.72. The van der Waals surface area contributed by atoms with Gasteiger partial charge in [0, 0.05) is 5.02 Å². The van der Waals surface area contributed by atoms with E-state index >= 15 is 0 Å². The maximum atomic E-state index is 12.7. The average Bonchev–Trinajstić information content (AvgIpc) is 2.28. The molecule has 0 N–H and O–H groups in total. The van der Waals surface area contributed by atoms with Gasteiger partial charge in [0.05, 0.1) is 16.0 Å². The summed E-state index contributed by atoms with van der Waals surface area (Å²) in [6.45, 7) is 3.88. The number of hydrogen-bond donors (Lipinski definition) is 0. The zero-order chi connectivity index (χ0) is 14.5. The summed E-state index contributed by atoms with van der Waals surface area (Å²) < 4.78 is 23.9. The molecular formula is C13H13Cl2NO2S. The second-order valence-corrected chi connectivity index (χ2v) is 8.77. The molecule has 2 rings (SSSR count). The van der Waals surface area contributed by atoms with Crippen LogP contribution in [0, 0.1) is 16.7 Å². The summed E-state index contributed by atoms with van der Waals surface area (Å²) in [6.07, 6.45) is 0.614. The molecule has 0 aliphatic heterocycles. The molecule has 1 fully saturated rings. The molecule has 0 saturated heterocycles. The lowest BCUT2D eigenvalue weighted by molar-refractivity contribution is 0.154. The molecule has 0 spiro atoms. The van der Waals surface area contributed by atoms with Crippen LogP contribution in [-0.4, -0.2) is 13.2 Å². The molecule has 19 heavy (non-hydrogen) atoms. The van der Waals surface area contributed by atoms with E-state index in [4.69, 9.17) is 23.2 Å². The third-order valence-corrected chi connectivity index (χ3v) is 6.43. The lowest BCUT2D eigenvalue weighted by Crippen LogP contribution is -2.53. The third kappa shape index (κ3) is 2.24. The molecule has 0 bridgehead atoms. The molecule has 102 valence electrons. The number of halogens is 2. The minimum absolute atomic E-state index is 0.0567. The monoisotopic (exact) mass is 317 g/mol. The predicted octanol–water partition coefficient (Wildman–Crippen LogP) is 3.85. The summed E-state index contributed by atoms with van der Waals surface area (Å²) in [5.41, 5.74) is -0.145. The highest BCUT2D eigenvalue weighted by Gasteiger charge is 2.59. The molecule has 0 heterocycles. The number of nitrogens with zero attached hydrogens (tertiary/aromatic N) is 1. The Kier molecular flexibility index (Phi) is 3.37. The van der Waals surface area contributed by atoms with E-state index in [1.807, 2.05) is 19.9 Å². The number of nitriles is 1. The van der Waals surface area contributed by atoms with Crippen molar-refractivity contribution >= 4 is 33.0 Å². The van der Waals surface area contributed by atoms with Crippen LogP contribution in [0.15, 0.2) is 23.1 Å². The molecule has 1 aliphatic rings. The van der Waals surface area contributed by atoms with E-state index in [9.17, 15) is 13.7 Å². The minimum atomic E-state index is -3.82. The van der Waals surface area contributed by atoms with Gasteiger partial charge < -0.3 is 0 Å². The largest absolute Gasteiger partial charge is 0.222 e. The Morgan fingerprint density at radius 1 is 1.26 bits per heavy atom. The van der Waals surface area contributed by atoms with Gasteiger partial charge >= 0.3 is 0 Å².